The lowest BCUT2D eigenvalue weighted by molar-refractivity contribution is -0.385. The lowest BCUT2D eigenvalue weighted by atomic mass is 10.1. The molecule has 0 spiro atoms. The zero-order valence-electron chi connectivity index (χ0n) is 11.7. The second-order valence-electron chi connectivity index (χ2n) is 4.32. The summed E-state index contributed by atoms with van der Waals surface area (Å²) in [5, 5.41) is 10.7. The topological polar surface area (TPSA) is 102 Å². The summed E-state index contributed by atoms with van der Waals surface area (Å²) in [6.45, 7) is 1.99. The lowest BCUT2D eigenvalue weighted by Crippen LogP contribution is -2.38. The standard InChI is InChI=1S/C12H18N4O3S/c1-4-8(7-20-3)15(2)12(17)10-5-9(16(18)19)6-14-11(10)13/h5-6,8H,4,7H2,1-3H3,(H2,13,14). The highest BCUT2D eigenvalue weighted by Gasteiger charge is 2.23. The molecule has 1 atom stereocenters. The van der Waals surface area contributed by atoms with Gasteiger partial charge < -0.3 is 10.6 Å². The second-order valence-corrected chi connectivity index (χ2v) is 5.23. The van der Waals surface area contributed by atoms with Crippen molar-refractivity contribution in [3.05, 3.63) is 27.9 Å². The van der Waals surface area contributed by atoms with E-state index in [2.05, 4.69) is 4.98 Å². The fraction of sp³-hybridized carbons (Fsp3) is 0.500. The average Bonchev–Trinajstić information content (AvgIpc) is 2.43. The molecule has 0 aliphatic heterocycles. The van der Waals surface area contributed by atoms with Crippen LogP contribution in [0.15, 0.2) is 12.3 Å². The van der Waals surface area contributed by atoms with Crippen molar-refractivity contribution in [2.45, 2.75) is 19.4 Å². The van der Waals surface area contributed by atoms with Crippen LogP contribution in [0.3, 0.4) is 0 Å². The van der Waals surface area contributed by atoms with Crippen LogP contribution in [0.4, 0.5) is 11.5 Å². The highest BCUT2D eigenvalue weighted by molar-refractivity contribution is 7.98. The van der Waals surface area contributed by atoms with Crippen LogP contribution in [0.5, 0.6) is 0 Å². The predicted molar refractivity (Wildman–Crippen MR) is 79.9 cm³/mol. The van der Waals surface area contributed by atoms with Crippen LogP contribution in [0.2, 0.25) is 0 Å². The molecular weight excluding hydrogens is 280 g/mol. The molecule has 20 heavy (non-hydrogen) atoms. The number of hydrogen-bond donors (Lipinski definition) is 1. The molecule has 0 bridgehead atoms. The van der Waals surface area contributed by atoms with E-state index in [0.717, 1.165) is 18.4 Å². The number of carbonyl (C=O) groups excluding carboxylic acids is 1. The maximum atomic E-state index is 12.4. The Morgan fingerprint density at radius 2 is 2.30 bits per heavy atom. The molecule has 1 unspecified atom stereocenters. The van der Waals surface area contributed by atoms with Gasteiger partial charge in [-0.2, -0.15) is 11.8 Å². The Bertz CT molecular complexity index is 509. The third kappa shape index (κ3) is 3.60. The Kier molecular flexibility index (Phi) is 5.75. The van der Waals surface area contributed by atoms with E-state index in [4.69, 9.17) is 5.73 Å². The molecule has 0 aliphatic rings. The van der Waals surface area contributed by atoms with Crippen LogP contribution < -0.4 is 5.73 Å². The number of nitrogens with two attached hydrogens (primary N) is 1. The third-order valence-electron chi connectivity index (χ3n) is 3.04. The number of hydrogen-bond acceptors (Lipinski definition) is 6. The van der Waals surface area contributed by atoms with E-state index >= 15 is 0 Å². The van der Waals surface area contributed by atoms with Crippen molar-refractivity contribution >= 4 is 29.2 Å². The molecule has 8 heteroatoms. The van der Waals surface area contributed by atoms with Crippen LogP contribution >= 0.6 is 11.8 Å². The number of nitrogens with zero attached hydrogens (tertiary/aromatic N) is 3. The quantitative estimate of drug-likeness (QED) is 0.634. The molecular formula is C12H18N4O3S. The minimum absolute atomic E-state index is 0.00598. The summed E-state index contributed by atoms with van der Waals surface area (Å²) in [5.41, 5.74) is 5.49. The lowest BCUT2D eigenvalue weighted by Gasteiger charge is -2.27. The van der Waals surface area contributed by atoms with Crippen molar-refractivity contribution in [2.75, 3.05) is 24.8 Å². The Hall–Kier alpha value is -1.83. The normalized spacial score (nSPS) is 11.9. The Morgan fingerprint density at radius 3 is 2.80 bits per heavy atom. The Labute approximate surface area is 121 Å². The third-order valence-corrected chi connectivity index (χ3v) is 3.76. The molecule has 0 saturated heterocycles. The smallest absolute Gasteiger partial charge is 0.288 e. The molecule has 0 aromatic carbocycles. The number of anilines is 1. The SMILES string of the molecule is CCC(CSC)N(C)C(=O)c1cc([N+](=O)[O-])cnc1N. The number of amides is 1. The summed E-state index contributed by atoms with van der Waals surface area (Å²) >= 11 is 1.64. The summed E-state index contributed by atoms with van der Waals surface area (Å²) in [6, 6.07) is 1.23. The van der Waals surface area contributed by atoms with Crippen LogP contribution in [0.1, 0.15) is 23.7 Å². The molecule has 2 N–H and O–H groups in total. The molecule has 1 aromatic heterocycles. The Balaban J connectivity index is 3.07. The summed E-state index contributed by atoms with van der Waals surface area (Å²) in [5.74, 6) is 0.451. The molecule has 0 aliphatic carbocycles. The van der Waals surface area contributed by atoms with Crippen molar-refractivity contribution in [1.82, 2.24) is 9.88 Å². The maximum Gasteiger partial charge on any atom is 0.288 e. The van der Waals surface area contributed by atoms with Gasteiger partial charge >= 0.3 is 0 Å². The fourth-order valence-corrected chi connectivity index (χ4v) is 2.63. The van der Waals surface area contributed by atoms with Gasteiger partial charge in [0.25, 0.3) is 11.6 Å². The number of pyridine rings is 1. The van der Waals surface area contributed by atoms with E-state index in [1.54, 1.807) is 23.7 Å². The van der Waals surface area contributed by atoms with Gasteiger partial charge in [0.1, 0.15) is 12.0 Å². The molecule has 1 amide bonds. The largest absolute Gasteiger partial charge is 0.383 e. The van der Waals surface area contributed by atoms with Crippen LogP contribution in [0.25, 0.3) is 0 Å². The van der Waals surface area contributed by atoms with E-state index in [1.807, 2.05) is 13.2 Å². The summed E-state index contributed by atoms with van der Waals surface area (Å²) in [4.78, 5) is 27.8. The number of nitrogen functional groups attached to an aromatic ring is 1. The number of thioether (sulfide) groups is 1. The minimum atomic E-state index is -0.595. The van der Waals surface area contributed by atoms with E-state index in [-0.39, 0.29) is 29.0 Å². The van der Waals surface area contributed by atoms with E-state index in [0.29, 0.717) is 0 Å². The minimum Gasteiger partial charge on any atom is -0.383 e. The van der Waals surface area contributed by atoms with Crippen LogP contribution in [-0.4, -0.2) is 45.8 Å². The first-order valence-electron chi connectivity index (χ1n) is 6.08. The molecule has 1 aromatic rings. The molecule has 0 saturated carbocycles. The first-order chi connectivity index (χ1) is 9.42. The van der Waals surface area contributed by atoms with Gasteiger partial charge in [0.15, 0.2) is 0 Å². The molecule has 1 rings (SSSR count). The fourth-order valence-electron chi connectivity index (χ4n) is 1.79. The predicted octanol–water partition coefficient (Wildman–Crippen LogP) is 1.79. The van der Waals surface area contributed by atoms with Crippen molar-refractivity contribution in [1.29, 1.82) is 0 Å². The average molecular weight is 298 g/mol. The Morgan fingerprint density at radius 1 is 1.65 bits per heavy atom. The zero-order valence-corrected chi connectivity index (χ0v) is 12.5. The zero-order chi connectivity index (χ0) is 15.3. The summed E-state index contributed by atoms with van der Waals surface area (Å²) in [6.07, 6.45) is 3.81. The summed E-state index contributed by atoms with van der Waals surface area (Å²) in [7, 11) is 1.67. The maximum absolute atomic E-state index is 12.4. The highest BCUT2D eigenvalue weighted by atomic mass is 32.2. The van der Waals surface area contributed by atoms with Gasteiger partial charge in [0.2, 0.25) is 0 Å². The van der Waals surface area contributed by atoms with Crippen molar-refractivity contribution in [2.24, 2.45) is 0 Å². The number of aromatic nitrogens is 1. The second kappa shape index (κ2) is 7.09. The van der Waals surface area contributed by atoms with Gasteiger partial charge in [0, 0.05) is 24.9 Å². The number of carbonyl (C=O) groups is 1. The van der Waals surface area contributed by atoms with E-state index in [9.17, 15) is 14.9 Å². The van der Waals surface area contributed by atoms with Crippen LogP contribution in [-0.2, 0) is 0 Å². The van der Waals surface area contributed by atoms with E-state index < -0.39 is 4.92 Å². The van der Waals surface area contributed by atoms with E-state index in [1.165, 1.54) is 6.07 Å². The van der Waals surface area contributed by atoms with Crippen molar-refractivity contribution in [3.8, 4) is 0 Å². The number of rotatable bonds is 6. The molecule has 7 nitrogen and oxygen atoms in total. The van der Waals surface area contributed by atoms with Gasteiger partial charge in [-0.05, 0) is 12.7 Å². The first-order valence-corrected chi connectivity index (χ1v) is 7.47. The van der Waals surface area contributed by atoms with Gasteiger partial charge in [-0.25, -0.2) is 4.98 Å². The van der Waals surface area contributed by atoms with Gasteiger partial charge in [-0.15, -0.1) is 0 Å². The van der Waals surface area contributed by atoms with Gasteiger partial charge in [-0.3, -0.25) is 14.9 Å². The van der Waals surface area contributed by atoms with Crippen LogP contribution in [0, 0.1) is 10.1 Å². The van der Waals surface area contributed by atoms with Gasteiger partial charge in [0.05, 0.1) is 10.5 Å². The molecule has 0 fully saturated rings. The number of nitro groups is 1. The van der Waals surface area contributed by atoms with Crippen molar-refractivity contribution in [3.63, 3.8) is 0 Å². The van der Waals surface area contributed by atoms with Crippen molar-refractivity contribution < 1.29 is 9.72 Å². The monoisotopic (exact) mass is 298 g/mol. The highest BCUT2D eigenvalue weighted by Crippen LogP contribution is 2.20. The molecule has 1 heterocycles. The molecule has 0 radical (unpaired) electrons. The first kappa shape index (κ1) is 16.2. The van der Waals surface area contributed by atoms with Gasteiger partial charge in [-0.1, -0.05) is 6.92 Å². The molecule has 110 valence electrons. The summed E-state index contributed by atoms with van der Waals surface area (Å²) < 4.78 is 0.